The van der Waals surface area contributed by atoms with Gasteiger partial charge in [0.1, 0.15) is 17.2 Å². The molecule has 0 saturated carbocycles. The second-order valence-corrected chi connectivity index (χ2v) is 7.38. The maximum atomic E-state index is 12.7. The fourth-order valence-electron chi connectivity index (χ4n) is 3.43. The van der Waals surface area contributed by atoms with Crippen molar-refractivity contribution in [2.75, 3.05) is 12.4 Å². The van der Waals surface area contributed by atoms with E-state index in [0.717, 1.165) is 22.1 Å². The Balaban J connectivity index is 1.20. The van der Waals surface area contributed by atoms with Gasteiger partial charge in [-0.3, -0.25) is 9.78 Å². The number of amides is 1. The van der Waals surface area contributed by atoms with Crippen LogP contribution in [-0.4, -0.2) is 28.2 Å². The van der Waals surface area contributed by atoms with Gasteiger partial charge in [0, 0.05) is 22.8 Å². The third-order valence-corrected chi connectivity index (χ3v) is 5.17. The molecule has 1 amide bonds. The average molecular weight is 452 g/mol. The number of hydrogen-bond acceptors (Lipinski definition) is 7. The van der Waals surface area contributed by atoms with Gasteiger partial charge in [0.2, 0.25) is 5.89 Å². The third-order valence-electron chi connectivity index (χ3n) is 5.17. The summed E-state index contributed by atoms with van der Waals surface area (Å²) in [6.45, 7) is 0.120. The zero-order valence-corrected chi connectivity index (χ0v) is 18.3. The molecule has 2 aromatic heterocycles. The lowest BCUT2D eigenvalue weighted by Gasteiger charge is -2.08. The van der Waals surface area contributed by atoms with Gasteiger partial charge in [-0.25, -0.2) is 0 Å². The van der Waals surface area contributed by atoms with Gasteiger partial charge in [-0.2, -0.15) is 0 Å². The largest absolute Gasteiger partial charge is 0.497 e. The first kappa shape index (κ1) is 21.1. The summed E-state index contributed by atoms with van der Waals surface area (Å²) in [5, 5.41) is 12.7. The van der Waals surface area contributed by atoms with E-state index < -0.39 is 0 Å². The molecule has 8 nitrogen and oxygen atoms in total. The molecule has 0 fully saturated rings. The van der Waals surface area contributed by atoms with Gasteiger partial charge in [-0.15, -0.1) is 10.2 Å². The third kappa shape index (κ3) is 4.56. The highest BCUT2D eigenvalue weighted by atomic mass is 16.5. The maximum Gasteiger partial charge on any atom is 0.274 e. The first-order chi connectivity index (χ1) is 16.7. The van der Waals surface area contributed by atoms with Crippen LogP contribution in [0.25, 0.3) is 22.2 Å². The standard InChI is InChI=1S/C26H20N4O4/c1-32-20-10-6-18(7-11-20)26-30-29-23(34-26)16-33-21-12-8-19(9-13-21)28-25(31)24-22-5-3-2-4-17(22)14-15-27-24/h2-15H,16H2,1H3,(H,28,31). The summed E-state index contributed by atoms with van der Waals surface area (Å²) in [6, 6.07) is 23.9. The van der Waals surface area contributed by atoms with Crippen LogP contribution in [0.4, 0.5) is 5.69 Å². The number of carbonyl (C=O) groups excluding carboxylic acids is 1. The molecular formula is C26H20N4O4. The van der Waals surface area contributed by atoms with E-state index in [-0.39, 0.29) is 12.5 Å². The summed E-state index contributed by atoms with van der Waals surface area (Å²) in [5.41, 5.74) is 1.80. The normalized spacial score (nSPS) is 10.7. The lowest BCUT2D eigenvalue weighted by molar-refractivity contribution is 0.102. The molecule has 0 aliphatic heterocycles. The molecule has 0 spiro atoms. The van der Waals surface area contributed by atoms with E-state index in [1.165, 1.54) is 0 Å². The van der Waals surface area contributed by atoms with E-state index in [4.69, 9.17) is 13.9 Å². The lowest BCUT2D eigenvalue weighted by atomic mass is 10.1. The minimum atomic E-state index is -0.276. The fraction of sp³-hybridized carbons (Fsp3) is 0.0769. The van der Waals surface area contributed by atoms with Gasteiger partial charge in [0.25, 0.3) is 11.8 Å². The van der Waals surface area contributed by atoms with Crippen LogP contribution < -0.4 is 14.8 Å². The molecule has 2 heterocycles. The molecule has 0 bridgehead atoms. The highest BCUT2D eigenvalue weighted by molar-refractivity contribution is 6.11. The predicted octanol–water partition coefficient (Wildman–Crippen LogP) is 5.12. The number of nitrogens with zero attached hydrogens (tertiary/aromatic N) is 3. The Morgan fingerprint density at radius 3 is 2.47 bits per heavy atom. The van der Waals surface area contributed by atoms with Crippen molar-refractivity contribution in [2.45, 2.75) is 6.61 Å². The van der Waals surface area contributed by atoms with E-state index >= 15 is 0 Å². The number of benzene rings is 3. The van der Waals surface area contributed by atoms with E-state index in [2.05, 4.69) is 20.5 Å². The molecule has 0 unspecified atom stereocenters. The number of hydrogen-bond donors (Lipinski definition) is 1. The molecule has 0 aliphatic rings. The number of anilines is 1. The minimum absolute atomic E-state index is 0.120. The number of pyridine rings is 1. The molecule has 5 aromatic rings. The Morgan fingerprint density at radius 2 is 1.68 bits per heavy atom. The van der Waals surface area contributed by atoms with Crippen molar-refractivity contribution in [3.8, 4) is 23.0 Å². The predicted molar refractivity (Wildman–Crippen MR) is 127 cm³/mol. The van der Waals surface area contributed by atoms with Crippen LogP contribution in [0.5, 0.6) is 11.5 Å². The van der Waals surface area contributed by atoms with E-state index in [9.17, 15) is 4.79 Å². The molecular weight excluding hydrogens is 432 g/mol. The zero-order chi connectivity index (χ0) is 23.3. The first-order valence-electron chi connectivity index (χ1n) is 10.5. The summed E-state index contributed by atoms with van der Waals surface area (Å²) >= 11 is 0. The smallest absolute Gasteiger partial charge is 0.274 e. The Morgan fingerprint density at radius 1 is 0.912 bits per heavy atom. The van der Waals surface area contributed by atoms with Gasteiger partial charge in [-0.1, -0.05) is 24.3 Å². The highest BCUT2D eigenvalue weighted by Gasteiger charge is 2.12. The monoisotopic (exact) mass is 452 g/mol. The fourth-order valence-corrected chi connectivity index (χ4v) is 3.43. The molecule has 34 heavy (non-hydrogen) atoms. The quantitative estimate of drug-likeness (QED) is 0.366. The number of nitrogens with one attached hydrogen (secondary N) is 1. The summed E-state index contributed by atoms with van der Waals surface area (Å²) in [6.07, 6.45) is 1.63. The molecule has 0 aliphatic carbocycles. The number of carbonyl (C=O) groups is 1. The molecule has 0 saturated heterocycles. The van der Waals surface area contributed by atoms with Crippen LogP contribution >= 0.6 is 0 Å². The van der Waals surface area contributed by atoms with Crippen molar-refractivity contribution in [1.29, 1.82) is 0 Å². The van der Waals surface area contributed by atoms with Crippen LogP contribution in [0.2, 0.25) is 0 Å². The highest BCUT2D eigenvalue weighted by Crippen LogP contribution is 2.23. The van der Waals surface area contributed by atoms with Crippen molar-refractivity contribution >= 4 is 22.4 Å². The van der Waals surface area contributed by atoms with Gasteiger partial charge >= 0.3 is 0 Å². The average Bonchev–Trinajstić information content (AvgIpc) is 3.37. The second-order valence-electron chi connectivity index (χ2n) is 7.38. The van der Waals surface area contributed by atoms with Crippen molar-refractivity contribution in [3.63, 3.8) is 0 Å². The molecule has 0 radical (unpaired) electrons. The Bertz CT molecular complexity index is 1420. The lowest BCUT2D eigenvalue weighted by Crippen LogP contribution is -2.14. The van der Waals surface area contributed by atoms with Crippen molar-refractivity contribution in [3.05, 3.63) is 96.6 Å². The van der Waals surface area contributed by atoms with Crippen LogP contribution in [0.1, 0.15) is 16.4 Å². The van der Waals surface area contributed by atoms with Crippen LogP contribution in [0.3, 0.4) is 0 Å². The van der Waals surface area contributed by atoms with Gasteiger partial charge < -0.3 is 19.2 Å². The Labute approximate surface area is 195 Å². The molecule has 1 N–H and O–H groups in total. The Hall–Kier alpha value is -4.72. The van der Waals surface area contributed by atoms with Crippen molar-refractivity contribution in [2.24, 2.45) is 0 Å². The van der Waals surface area contributed by atoms with Crippen molar-refractivity contribution < 1.29 is 18.7 Å². The minimum Gasteiger partial charge on any atom is -0.497 e. The SMILES string of the molecule is COc1ccc(-c2nnc(COc3ccc(NC(=O)c4nccc5ccccc45)cc3)o2)cc1. The summed E-state index contributed by atoms with van der Waals surface area (Å²) in [4.78, 5) is 17.0. The number of fused-ring (bicyclic) bond motifs is 1. The van der Waals surface area contributed by atoms with Gasteiger partial charge in [0.15, 0.2) is 6.61 Å². The second kappa shape index (κ2) is 9.41. The summed E-state index contributed by atoms with van der Waals surface area (Å²) in [5.74, 6) is 1.83. The van der Waals surface area contributed by atoms with Gasteiger partial charge in [0.05, 0.1) is 7.11 Å². The number of aromatic nitrogens is 3. The molecule has 168 valence electrons. The first-order valence-corrected chi connectivity index (χ1v) is 10.5. The van der Waals surface area contributed by atoms with E-state index in [1.54, 1.807) is 37.6 Å². The molecule has 8 heteroatoms. The summed E-state index contributed by atoms with van der Waals surface area (Å²) in [7, 11) is 1.61. The Kier molecular flexibility index (Phi) is 5.85. The topological polar surface area (TPSA) is 99.4 Å². The van der Waals surface area contributed by atoms with E-state index in [0.29, 0.717) is 28.9 Å². The summed E-state index contributed by atoms with van der Waals surface area (Å²) < 4.78 is 16.6. The maximum absolute atomic E-state index is 12.7. The molecule has 0 atom stereocenters. The van der Waals surface area contributed by atoms with Crippen LogP contribution in [0.15, 0.2) is 89.5 Å². The van der Waals surface area contributed by atoms with Crippen LogP contribution in [0, 0.1) is 0 Å². The number of rotatable bonds is 7. The van der Waals surface area contributed by atoms with E-state index in [1.807, 2.05) is 54.6 Å². The number of methoxy groups -OCH3 is 1. The zero-order valence-electron chi connectivity index (χ0n) is 18.3. The van der Waals surface area contributed by atoms with Crippen LogP contribution in [-0.2, 0) is 6.61 Å². The number of ether oxygens (including phenoxy) is 2. The molecule has 3 aromatic carbocycles. The van der Waals surface area contributed by atoms with Crippen molar-refractivity contribution in [1.82, 2.24) is 15.2 Å². The molecule has 5 rings (SSSR count). The van der Waals surface area contributed by atoms with Gasteiger partial charge in [-0.05, 0) is 60.0 Å².